The van der Waals surface area contributed by atoms with Crippen LogP contribution in [-0.2, 0) is 9.59 Å². The van der Waals surface area contributed by atoms with Gasteiger partial charge in [-0.1, -0.05) is 25.0 Å². The van der Waals surface area contributed by atoms with Crippen molar-refractivity contribution in [1.29, 1.82) is 0 Å². The van der Waals surface area contributed by atoms with Crippen LogP contribution in [0.1, 0.15) is 37.7 Å². The third kappa shape index (κ3) is 5.09. The number of carbonyl (C=O) groups excluding carboxylic acids is 1. The number of carboxylic acid groups (broad SMARTS) is 1. The van der Waals surface area contributed by atoms with Gasteiger partial charge in [-0.3, -0.25) is 14.6 Å². The minimum Gasteiger partial charge on any atom is -0.493 e. The largest absolute Gasteiger partial charge is 0.493 e. The first-order chi connectivity index (χ1) is 12.1. The van der Waals surface area contributed by atoms with Gasteiger partial charge in [0.05, 0.1) is 24.0 Å². The highest BCUT2D eigenvalue weighted by Gasteiger charge is 2.25. The Hall–Kier alpha value is -2.28. The molecule has 0 spiro atoms. The number of thioether (sulfide) groups is 1. The molecule has 2 N–H and O–H groups in total. The maximum atomic E-state index is 12.1. The number of aliphatic carboxylic acids is 1. The Balaban J connectivity index is 1.65. The lowest BCUT2D eigenvalue weighted by Crippen LogP contribution is -2.21. The fourth-order valence-electron chi connectivity index (χ4n) is 2.79. The normalized spacial score (nSPS) is 21.0. The highest BCUT2D eigenvalue weighted by atomic mass is 32.2. The number of carbonyl (C=O) groups is 2. The second-order valence-electron chi connectivity index (χ2n) is 6.00. The molecule has 1 saturated heterocycles. The number of hydrogen-bond acceptors (Lipinski definition) is 5. The number of amidine groups is 1. The molecule has 1 aliphatic heterocycles. The maximum Gasteiger partial charge on any atom is 0.306 e. The van der Waals surface area contributed by atoms with E-state index in [1.54, 1.807) is 18.2 Å². The Morgan fingerprint density at radius 3 is 2.96 bits per heavy atom. The van der Waals surface area contributed by atoms with E-state index in [0.717, 1.165) is 18.4 Å². The number of nitrogens with zero attached hydrogens (tertiary/aromatic N) is 1. The molecular formula is C18H20N2O4S. The van der Waals surface area contributed by atoms with Gasteiger partial charge in [-0.05, 0) is 48.4 Å². The van der Waals surface area contributed by atoms with E-state index in [2.05, 4.69) is 10.3 Å². The van der Waals surface area contributed by atoms with Gasteiger partial charge in [0.15, 0.2) is 5.17 Å². The molecule has 3 rings (SSSR count). The number of ether oxygens (including phenoxy) is 1. The lowest BCUT2D eigenvalue weighted by molar-refractivity contribution is -0.137. The van der Waals surface area contributed by atoms with Crippen molar-refractivity contribution in [1.82, 2.24) is 5.32 Å². The number of amides is 1. The summed E-state index contributed by atoms with van der Waals surface area (Å²) in [5.74, 6) is -0.454. The summed E-state index contributed by atoms with van der Waals surface area (Å²) in [6.45, 7) is 0.114. The molecule has 0 radical (unpaired) electrons. The van der Waals surface area contributed by atoms with E-state index in [4.69, 9.17) is 9.84 Å². The van der Waals surface area contributed by atoms with Crippen molar-refractivity contribution in [3.05, 3.63) is 34.7 Å². The molecule has 1 aromatic rings. The maximum absolute atomic E-state index is 12.1. The van der Waals surface area contributed by atoms with E-state index in [-0.39, 0.29) is 18.9 Å². The predicted molar refractivity (Wildman–Crippen MR) is 97.6 cm³/mol. The van der Waals surface area contributed by atoms with Crippen molar-refractivity contribution in [2.24, 2.45) is 4.99 Å². The van der Waals surface area contributed by atoms with Gasteiger partial charge in [-0.15, -0.1) is 0 Å². The van der Waals surface area contributed by atoms with Gasteiger partial charge in [0.2, 0.25) is 0 Å². The van der Waals surface area contributed by atoms with Crippen LogP contribution in [0.5, 0.6) is 5.75 Å². The Morgan fingerprint density at radius 1 is 1.40 bits per heavy atom. The molecule has 2 fully saturated rings. The van der Waals surface area contributed by atoms with Gasteiger partial charge in [0, 0.05) is 0 Å². The minimum absolute atomic E-state index is 0.0510. The number of hydrogen-bond donors (Lipinski definition) is 2. The predicted octanol–water partition coefficient (Wildman–Crippen LogP) is 3.04. The van der Waals surface area contributed by atoms with Crippen molar-refractivity contribution in [2.45, 2.75) is 38.1 Å². The Kier molecular flexibility index (Phi) is 5.75. The highest BCUT2D eigenvalue weighted by molar-refractivity contribution is 8.18. The fraction of sp³-hybridized carbons (Fsp3) is 0.389. The summed E-state index contributed by atoms with van der Waals surface area (Å²) in [5, 5.41) is 12.1. The molecule has 25 heavy (non-hydrogen) atoms. The second kappa shape index (κ2) is 8.20. The smallest absolute Gasteiger partial charge is 0.306 e. The number of nitrogens with one attached hydrogen (secondary N) is 1. The van der Waals surface area contributed by atoms with Crippen molar-refractivity contribution >= 4 is 34.9 Å². The SMILES string of the molecule is O=C(O)CCOc1cccc(/C=C2\SC(=NC3CCCC3)NC2=O)c1. The summed E-state index contributed by atoms with van der Waals surface area (Å²) in [6, 6.07) is 7.56. The quantitative estimate of drug-likeness (QED) is 0.761. The Labute approximate surface area is 150 Å². The number of rotatable bonds is 6. The average molecular weight is 360 g/mol. The monoisotopic (exact) mass is 360 g/mol. The zero-order valence-electron chi connectivity index (χ0n) is 13.7. The Morgan fingerprint density at radius 2 is 2.20 bits per heavy atom. The average Bonchev–Trinajstić information content (AvgIpc) is 3.18. The van der Waals surface area contributed by atoms with Gasteiger partial charge in [0.1, 0.15) is 5.75 Å². The van der Waals surface area contributed by atoms with Crippen LogP contribution in [0.3, 0.4) is 0 Å². The topological polar surface area (TPSA) is 88.0 Å². The zero-order chi connectivity index (χ0) is 17.6. The van der Waals surface area contributed by atoms with Gasteiger partial charge in [0.25, 0.3) is 5.91 Å². The van der Waals surface area contributed by atoms with Gasteiger partial charge in [-0.25, -0.2) is 0 Å². The van der Waals surface area contributed by atoms with Crippen LogP contribution in [0.4, 0.5) is 0 Å². The molecule has 0 bridgehead atoms. The van der Waals surface area contributed by atoms with E-state index in [0.29, 0.717) is 21.9 Å². The van der Waals surface area contributed by atoms with Crippen LogP contribution in [0.2, 0.25) is 0 Å². The standard InChI is InChI=1S/C18H20N2O4S/c21-16(22)8-9-24-14-7-3-4-12(10-14)11-15-17(23)20-18(25-15)19-13-5-1-2-6-13/h3-4,7,10-11,13H,1-2,5-6,8-9H2,(H,21,22)(H,19,20,23)/b15-11-. The molecule has 0 atom stereocenters. The molecule has 1 saturated carbocycles. The molecule has 0 unspecified atom stereocenters. The number of benzene rings is 1. The summed E-state index contributed by atoms with van der Waals surface area (Å²) in [6.07, 6.45) is 6.34. The minimum atomic E-state index is -0.897. The van der Waals surface area contributed by atoms with Crippen LogP contribution < -0.4 is 10.1 Å². The molecule has 6 nitrogen and oxygen atoms in total. The third-order valence-corrected chi connectivity index (χ3v) is 4.94. The van der Waals surface area contributed by atoms with Crippen LogP contribution in [0, 0.1) is 0 Å². The lowest BCUT2D eigenvalue weighted by atomic mass is 10.2. The third-order valence-electron chi connectivity index (χ3n) is 4.02. The van der Waals surface area contributed by atoms with Crippen LogP contribution in [0.15, 0.2) is 34.2 Å². The summed E-state index contributed by atoms with van der Waals surface area (Å²) in [5.41, 5.74) is 0.826. The number of aliphatic imine (C=N–C) groups is 1. The van der Waals surface area contributed by atoms with E-state index < -0.39 is 5.97 Å². The first kappa shape index (κ1) is 17.5. The van der Waals surface area contributed by atoms with Crippen LogP contribution in [0.25, 0.3) is 6.08 Å². The molecule has 2 aliphatic rings. The molecular weight excluding hydrogens is 340 g/mol. The molecule has 1 aromatic carbocycles. The van der Waals surface area contributed by atoms with Crippen molar-refractivity contribution in [3.8, 4) is 5.75 Å². The molecule has 132 valence electrons. The highest BCUT2D eigenvalue weighted by Crippen LogP contribution is 2.29. The van der Waals surface area contributed by atoms with Gasteiger partial charge >= 0.3 is 5.97 Å². The van der Waals surface area contributed by atoms with E-state index in [1.807, 2.05) is 12.1 Å². The van der Waals surface area contributed by atoms with Crippen LogP contribution in [-0.4, -0.2) is 34.8 Å². The zero-order valence-corrected chi connectivity index (χ0v) is 14.6. The summed E-state index contributed by atoms with van der Waals surface area (Å²) in [4.78, 5) is 27.9. The number of carboxylic acids is 1. The lowest BCUT2D eigenvalue weighted by Gasteiger charge is -2.05. The Bertz CT molecular complexity index is 724. The molecule has 1 amide bonds. The molecule has 1 aliphatic carbocycles. The van der Waals surface area contributed by atoms with Gasteiger partial charge < -0.3 is 15.2 Å². The summed E-state index contributed by atoms with van der Waals surface area (Å²) >= 11 is 1.36. The molecule has 0 aromatic heterocycles. The van der Waals surface area contributed by atoms with Crippen molar-refractivity contribution in [3.63, 3.8) is 0 Å². The summed E-state index contributed by atoms with van der Waals surface area (Å²) in [7, 11) is 0. The summed E-state index contributed by atoms with van der Waals surface area (Å²) < 4.78 is 5.42. The van der Waals surface area contributed by atoms with Gasteiger partial charge in [-0.2, -0.15) is 0 Å². The second-order valence-corrected chi connectivity index (χ2v) is 7.03. The van der Waals surface area contributed by atoms with Crippen LogP contribution >= 0.6 is 11.8 Å². The molecule has 7 heteroatoms. The molecule has 1 heterocycles. The van der Waals surface area contributed by atoms with Crippen molar-refractivity contribution in [2.75, 3.05) is 6.61 Å². The fourth-order valence-corrected chi connectivity index (χ4v) is 3.68. The van der Waals surface area contributed by atoms with E-state index in [1.165, 1.54) is 24.6 Å². The first-order valence-electron chi connectivity index (χ1n) is 8.33. The first-order valence-corrected chi connectivity index (χ1v) is 9.15. The van der Waals surface area contributed by atoms with E-state index in [9.17, 15) is 9.59 Å². The van der Waals surface area contributed by atoms with Crippen molar-refractivity contribution < 1.29 is 19.4 Å². The van der Waals surface area contributed by atoms with E-state index >= 15 is 0 Å².